The Hall–Kier alpha value is -1.75. The quantitative estimate of drug-likeness (QED) is 0.601. The van der Waals surface area contributed by atoms with Crippen molar-refractivity contribution in [3.8, 4) is 0 Å². The summed E-state index contributed by atoms with van der Waals surface area (Å²) in [4.78, 5) is 6.09. The lowest BCUT2D eigenvalue weighted by Gasteiger charge is -1.97. The van der Waals surface area contributed by atoms with Gasteiger partial charge in [-0.25, -0.2) is 0 Å². The molecule has 2 aromatic rings. The fourth-order valence-corrected chi connectivity index (χ4v) is 1.64. The van der Waals surface area contributed by atoms with E-state index in [9.17, 15) is 0 Å². The van der Waals surface area contributed by atoms with Gasteiger partial charge in [0, 0.05) is 0 Å². The summed E-state index contributed by atoms with van der Waals surface area (Å²) in [5, 5.41) is 7.75. The molecule has 0 amide bonds. The second-order valence-electron chi connectivity index (χ2n) is 3.22. The second-order valence-corrected chi connectivity index (χ2v) is 4.00. The standard InChI is InChI=1S/C11H11N3OS/c1-9-11(16-14-13-9)7-12-15-8-10-5-3-2-4-6-10/h2-7H,8H2,1H3. The van der Waals surface area contributed by atoms with Gasteiger partial charge in [0.1, 0.15) is 6.61 Å². The van der Waals surface area contributed by atoms with Crippen LogP contribution in [0.2, 0.25) is 0 Å². The van der Waals surface area contributed by atoms with Gasteiger partial charge in [-0.05, 0) is 24.0 Å². The third-order valence-electron chi connectivity index (χ3n) is 2.01. The summed E-state index contributed by atoms with van der Waals surface area (Å²) in [6, 6.07) is 9.91. The Kier molecular flexibility index (Phi) is 3.61. The Morgan fingerprint density at radius 3 is 2.88 bits per heavy atom. The van der Waals surface area contributed by atoms with Gasteiger partial charge in [0.25, 0.3) is 0 Å². The summed E-state index contributed by atoms with van der Waals surface area (Å²) < 4.78 is 3.80. The number of aryl methyl sites for hydroxylation is 1. The Labute approximate surface area is 97.7 Å². The Bertz CT molecular complexity index is 467. The summed E-state index contributed by atoms with van der Waals surface area (Å²) in [6.07, 6.45) is 1.64. The van der Waals surface area contributed by atoms with Crippen LogP contribution in [0, 0.1) is 6.92 Å². The number of nitrogens with zero attached hydrogens (tertiary/aromatic N) is 3. The van der Waals surface area contributed by atoms with Crippen molar-refractivity contribution >= 4 is 17.7 Å². The minimum absolute atomic E-state index is 0.475. The van der Waals surface area contributed by atoms with Gasteiger partial charge >= 0.3 is 0 Å². The number of hydrogen-bond donors (Lipinski definition) is 0. The molecule has 0 aliphatic carbocycles. The number of rotatable bonds is 4. The van der Waals surface area contributed by atoms with Crippen molar-refractivity contribution in [2.75, 3.05) is 0 Å². The normalized spacial score (nSPS) is 10.8. The summed E-state index contributed by atoms with van der Waals surface area (Å²) in [6.45, 7) is 2.37. The third-order valence-corrected chi connectivity index (χ3v) is 2.77. The molecular formula is C11H11N3OS. The monoisotopic (exact) mass is 233 g/mol. The van der Waals surface area contributed by atoms with E-state index in [0.717, 1.165) is 16.1 Å². The number of aromatic nitrogens is 2. The van der Waals surface area contributed by atoms with Crippen molar-refractivity contribution in [1.29, 1.82) is 0 Å². The molecule has 0 aliphatic heterocycles. The van der Waals surface area contributed by atoms with Crippen molar-refractivity contribution in [3.05, 3.63) is 46.5 Å². The van der Waals surface area contributed by atoms with E-state index in [2.05, 4.69) is 14.7 Å². The second kappa shape index (κ2) is 5.37. The molecule has 0 bridgehead atoms. The molecule has 82 valence electrons. The van der Waals surface area contributed by atoms with E-state index in [1.165, 1.54) is 11.5 Å². The van der Waals surface area contributed by atoms with E-state index >= 15 is 0 Å². The SMILES string of the molecule is Cc1nnsc1C=NOCc1ccccc1. The third kappa shape index (κ3) is 2.87. The first-order chi connectivity index (χ1) is 7.86. The summed E-state index contributed by atoms with van der Waals surface area (Å²) >= 11 is 1.31. The first-order valence-corrected chi connectivity index (χ1v) is 5.62. The minimum atomic E-state index is 0.475. The van der Waals surface area contributed by atoms with Crippen LogP contribution in [0.15, 0.2) is 35.5 Å². The van der Waals surface area contributed by atoms with E-state index in [1.54, 1.807) is 6.21 Å². The number of benzene rings is 1. The molecule has 0 unspecified atom stereocenters. The molecule has 1 aromatic heterocycles. The molecule has 5 heteroatoms. The lowest BCUT2D eigenvalue weighted by atomic mass is 10.2. The maximum absolute atomic E-state index is 5.17. The Morgan fingerprint density at radius 1 is 1.38 bits per heavy atom. The van der Waals surface area contributed by atoms with Crippen molar-refractivity contribution < 1.29 is 4.84 Å². The summed E-state index contributed by atoms with van der Waals surface area (Å²) in [5.74, 6) is 0. The largest absolute Gasteiger partial charge is 0.391 e. The van der Waals surface area contributed by atoms with Crippen LogP contribution in [0.1, 0.15) is 16.1 Å². The Morgan fingerprint density at radius 2 is 2.19 bits per heavy atom. The van der Waals surface area contributed by atoms with E-state index in [4.69, 9.17) is 4.84 Å². The average Bonchev–Trinajstić information content (AvgIpc) is 2.72. The molecule has 0 radical (unpaired) electrons. The van der Waals surface area contributed by atoms with Crippen LogP contribution in [-0.2, 0) is 11.4 Å². The highest BCUT2D eigenvalue weighted by Gasteiger charge is 1.98. The van der Waals surface area contributed by atoms with Crippen LogP contribution in [-0.4, -0.2) is 15.8 Å². The fourth-order valence-electron chi connectivity index (χ4n) is 1.13. The molecule has 0 atom stereocenters. The van der Waals surface area contributed by atoms with E-state index in [1.807, 2.05) is 37.3 Å². The molecule has 1 heterocycles. The molecule has 16 heavy (non-hydrogen) atoms. The Balaban J connectivity index is 1.85. The van der Waals surface area contributed by atoms with Gasteiger partial charge in [0.15, 0.2) is 0 Å². The van der Waals surface area contributed by atoms with Crippen LogP contribution in [0.3, 0.4) is 0 Å². The van der Waals surface area contributed by atoms with Gasteiger partial charge in [-0.3, -0.25) is 0 Å². The highest BCUT2D eigenvalue weighted by atomic mass is 32.1. The van der Waals surface area contributed by atoms with Gasteiger partial charge in [0.05, 0.1) is 16.8 Å². The van der Waals surface area contributed by atoms with Crippen LogP contribution in [0.4, 0.5) is 0 Å². The molecule has 2 rings (SSSR count). The van der Waals surface area contributed by atoms with Gasteiger partial charge < -0.3 is 4.84 Å². The number of hydrogen-bond acceptors (Lipinski definition) is 5. The fraction of sp³-hybridized carbons (Fsp3) is 0.182. The zero-order valence-electron chi connectivity index (χ0n) is 8.83. The lowest BCUT2D eigenvalue weighted by Crippen LogP contribution is -1.87. The van der Waals surface area contributed by atoms with Crippen LogP contribution >= 0.6 is 11.5 Å². The van der Waals surface area contributed by atoms with Crippen LogP contribution in [0.5, 0.6) is 0 Å². The smallest absolute Gasteiger partial charge is 0.142 e. The molecule has 4 nitrogen and oxygen atoms in total. The molecule has 1 aromatic carbocycles. The molecule has 0 spiro atoms. The van der Waals surface area contributed by atoms with Crippen molar-refractivity contribution in [3.63, 3.8) is 0 Å². The molecule has 0 fully saturated rings. The first-order valence-electron chi connectivity index (χ1n) is 4.84. The molecule has 0 N–H and O–H groups in total. The van der Waals surface area contributed by atoms with Crippen molar-refractivity contribution in [2.24, 2.45) is 5.16 Å². The van der Waals surface area contributed by atoms with E-state index in [0.29, 0.717) is 6.61 Å². The lowest BCUT2D eigenvalue weighted by molar-refractivity contribution is 0.132. The topological polar surface area (TPSA) is 47.4 Å². The van der Waals surface area contributed by atoms with E-state index in [-0.39, 0.29) is 0 Å². The number of oxime groups is 1. The zero-order valence-corrected chi connectivity index (χ0v) is 9.65. The summed E-state index contributed by atoms with van der Waals surface area (Å²) in [7, 11) is 0. The predicted molar refractivity (Wildman–Crippen MR) is 63.5 cm³/mol. The van der Waals surface area contributed by atoms with Crippen molar-refractivity contribution in [2.45, 2.75) is 13.5 Å². The average molecular weight is 233 g/mol. The highest BCUT2D eigenvalue weighted by Crippen LogP contribution is 2.06. The molecule has 0 aliphatic rings. The minimum Gasteiger partial charge on any atom is -0.391 e. The maximum Gasteiger partial charge on any atom is 0.142 e. The first kappa shape index (κ1) is 10.8. The maximum atomic E-state index is 5.17. The van der Waals surface area contributed by atoms with Gasteiger partial charge in [0.2, 0.25) is 0 Å². The highest BCUT2D eigenvalue weighted by molar-refractivity contribution is 7.07. The molecule has 0 saturated carbocycles. The van der Waals surface area contributed by atoms with Crippen LogP contribution < -0.4 is 0 Å². The summed E-state index contributed by atoms with van der Waals surface area (Å²) in [5.41, 5.74) is 1.97. The predicted octanol–water partition coefficient (Wildman–Crippen LogP) is 2.40. The van der Waals surface area contributed by atoms with Gasteiger partial charge in [-0.15, -0.1) is 5.10 Å². The van der Waals surface area contributed by atoms with Gasteiger partial charge in [-0.2, -0.15) is 0 Å². The van der Waals surface area contributed by atoms with Crippen molar-refractivity contribution in [1.82, 2.24) is 9.59 Å². The van der Waals surface area contributed by atoms with Crippen LogP contribution in [0.25, 0.3) is 0 Å². The van der Waals surface area contributed by atoms with Gasteiger partial charge in [-0.1, -0.05) is 40.0 Å². The molecule has 0 saturated heterocycles. The molecular weight excluding hydrogens is 222 g/mol. The van der Waals surface area contributed by atoms with E-state index < -0.39 is 0 Å². The zero-order chi connectivity index (χ0) is 11.2.